The summed E-state index contributed by atoms with van der Waals surface area (Å²) < 4.78 is 6.45. The van der Waals surface area contributed by atoms with E-state index in [-0.39, 0.29) is 0 Å². The maximum atomic E-state index is 10.8. The van der Waals surface area contributed by atoms with Gasteiger partial charge in [-0.3, -0.25) is 0 Å². The molecule has 0 aromatic rings. The Bertz CT molecular complexity index is 273. The first-order valence-corrected chi connectivity index (χ1v) is 5.47. The maximum absolute atomic E-state index is 10.8. The highest BCUT2D eigenvalue weighted by Gasteiger charge is 2.01. The number of hydrogen-bond acceptors (Lipinski definition) is 3. The minimum absolute atomic E-state index is 0.302. The molecule has 0 aromatic carbocycles. The summed E-state index contributed by atoms with van der Waals surface area (Å²) >= 11 is 2.09. The number of rotatable bonds is 3. The molecule has 14 heavy (non-hydrogen) atoms. The Morgan fingerprint density at radius 1 is 1.71 bits per heavy atom. The molecule has 0 aliphatic carbocycles. The Balaban J connectivity index is 4.03. The number of hydrogen-bond donors (Lipinski definition) is 1. The summed E-state index contributed by atoms with van der Waals surface area (Å²) in [6.07, 6.45) is -0.347. The smallest absolute Gasteiger partial charge is 0.384 e. The second-order valence-electron chi connectivity index (χ2n) is 2.67. The summed E-state index contributed by atoms with van der Waals surface area (Å²) in [6, 6.07) is 0. The number of ether oxygens (including phenoxy) is 1. The molecule has 1 N–H and O–H groups in total. The van der Waals surface area contributed by atoms with Crippen LogP contribution in [0.15, 0.2) is 9.66 Å². The third kappa shape index (κ3) is 6.92. The summed E-state index contributed by atoms with van der Waals surface area (Å²) in [5.74, 6) is 4.05. The van der Waals surface area contributed by atoms with Crippen LogP contribution in [0.2, 0.25) is 0 Å². The molecule has 0 saturated heterocycles. The number of halogens is 1. The lowest BCUT2D eigenvalue weighted by Crippen LogP contribution is -2.06. The molecule has 0 saturated carbocycles. The lowest BCUT2D eigenvalue weighted by molar-refractivity contribution is -0.136. The third-order valence-corrected chi connectivity index (χ3v) is 2.38. The molecule has 1 atom stereocenters. The van der Waals surface area contributed by atoms with Gasteiger partial charge in [-0.15, -0.1) is 0 Å². The average molecular weight is 308 g/mol. The van der Waals surface area contributed by atoms with Gasteiger partial charge in [-0.05, 0) is 17.9 Å². The summed E-state index contributed by atoms with van der Waals surface area (Å²) in [4.78, 5) is 10.8. The van der Waals surface area contributed by atoms with E-state index in [0.29, 0.717) is 13.0 Å². The van der Waals surface area contributed by atoms with Gasteiger partial charge in [-0.1, -0.05) is 34.1 Å². The van der Waals surface area contributed by atoms with Gasteiger partial charge in [-0.2, -0.15) is 0 Å². The zero-order valence-corrected chi connectivity index (χ0v) is 10.4. The molecule has 0 rings (SSSR count). The molecule has 0 aliphatic rings. The average Bonchev–Trinajstić information content (AvgIpc) is 2.15. The van der Waals surface area contributed by atoms with Gasteiger partial charge in [0.25, 0.3) is 0 Å². The SMILES string of the molecule is CCOC(=O)C#C[C@@H](O)C/C(C)=C\I. The molecule has 78 valence electrons. The van der Waals surface area contributed by atoms with Crippen LogP contribution in [0.4, 0.5) is 0 Å². The van der Waals surface area contributed by atoms with Crippen LogP contribution in [-0.4, -0.2) is 23.8 Å². The summed E-state index contributed by atoms with van der Waals surface area (Å²) in [7, 11) is 0. The highest BCUT2D eigenvalue weighted by molar-refractivity contribution is 14.1. The van der Waals surface area contributed by atoms with Crippen LogP contribution in [0.25, 0.3) is 0 Å². The molecule has 0 bridgehead atoms. The Labute approximate surface area is 97.7 Å². The van der Waals surface area contributed by atoms with Crippen molar-refractivity contribution in [2.75, 3.05) is 6.61 Å². The molecule has 0 spiro atoms. The first-order valence-electron chi connectivity index (χ1n) is 4.22. The van der Waals surface area contributed by atoms with E-state index in [2.05, 4.69) is 39.2 Å². The number of aliphatic hydroxyl groups excluding tert-OH is 1. The molecule has 0 fully saturated rings. The normalized spacial score (nSPS) is 12.7. The van der Waals surface area contributed by atoms with Crippen LogP contribution in [-0.2, 0) is 9.53 Å². The van der Waals surface area contributed by atoms with Gasteiger partial charge in [0.1, 0.15) is 6.10 Å². The van der Waals surface area contributed by atoms with Crippen LogP contribution in [0, 0.1) is 11.8 Å². The lowest BCUT2D eigenvalue weighted by atomic mass is 10.1. The second kappa shape index (κ2) is 7.83. The van der Waals surface area contributed by atoms with E-state index in [1.807, 2.05) is 11.0 Å². The van der Waals surface area contributed by atoms with Gasteiger partial charge < -0.3 is 9.84 Å². The fourth-order valence-electron chi connectivity index (χ4n) is 0.710. The quantitative estimate of drug-likeness (QED) is 0.373. The van der Waals surface area contributed by atoms with E-state index >= 15 is 0 Å². The van der Waals surface area contributed by atoms with Crippen molar-refractivity contribution in [1.29, 1.82) is 0 Å². The predicted octanol–water partition coefficient (Wildman–Crippen LogP) is 1.64. The summed E-state index contributed by atoms with van der Waals surface area (Å²) in [6.45, 7) is 3.90. The second-order valence-corrected chi connectivity index (χ2v) is 3.29. The van der Waals surface area contributed by atoms with Crippen molar-refractivity contribution in [2.24, 2.45) is 0 Å². The van der Waals surface area contributed by atoms with Crippen molar-refractivity contribution in [3.63, 3.8) is 0 Å². The molecule has 0 amide bonds. The van der Waals surface area contributed by atoms with Crippen LogP contribution < -0.4 is 0 Å². The van der Waals surface area contributed by atoms with E-state index in [1.54, 1.807) is 6.92 Å². The van der Waals surface area contributed by atoms with Crippen molar-refractivity contribution < 1.29 is 14.6 Å². The number of aliphatic hydroxyl groups is 1. The summed E-state index contributed by atoms with van der Waals surface area (Å²) in [5.41, 5.74) is 1.02. The predicted molar refractivity (Wildman–Crippen MR) is 62.8 cm³/mol. The van der Waals surface area contributed by atoms with Crippen molar-refractivity contribution >= 4 is 28.6 Å². The van der Waals surface area contributed by atoms with Crippen molar-refractivity contribution in [3.05, 3.63) is 9.66 Å². The zero-order chi connectivity index (χ0) is 11.0. The maximum Gasteiger partial charge on any atom is 0.384 e. The van der Waals surface area contributed by atoms with Gasteiger partial charge in [0, 0.05) is 12.3 Å². The number of esters is 1. The van der Waals surface area contributed by atoms with E-state index in [1.165, 1.54) is 0 Å². The van der Waals surface area contributed by atoms with Gasteiger partial charge in [0.15, 0.2) is 0 Å². The number of carbonyl (C=O) groups excluding carboxylic acids is 1. The Kier molecular flexibility index (Phi) is 7.52. The van der Waals surface area contributed by atoms with Gasteiger partial charge in [0.05, 0.1) is 6.61 Å². The minimum Gasteiger partial charge on any atom is -0.456 e. The first kappa shape index (κ1) is 13.5. The van der Waals surface area contributed by atoms with E-state index in [0.717, 1.165) is 5.57 Å². The van der Waals surface area contributed by atoms with Gasteiger partial charge in [0.2, 0.25) is 0 Å². The molecule has 0 aliphatic heterocycles. The molecule has 3 nitrogen and oxygen atoms in total. The van der Waals surface area contributed by atoms with Crippen molar-refractivity contribution in [3.8, 4) is 11.8 Å². The first-order chi connectivity index (χ1) is 6.60. The highest BCUT2D eigenvalue weighted by atomic mass is 127. The van der Waals surface area contributed by atoms with Gasteiger partial charge in [-0.25, -0.2) is 4.79 Å². The molecular formula is C10H13IO3. The minimum atomic E-state index is -0.801. The zero-order valence-electron chi connectivity index (χ0n) is 8.21. The molecule has 0 aromatic heterocycles. The largest absolute Gasteiger partial charge is 0.456 e. The van der Waals surface area contributed by atoms with E-state index < -0.39 is 12.1 Å². The fourth-order valence-corrected chi connectivity index (χ4v) is 0.964. The lowest BCUT2D eigenvalue weighted by Gasteiger charge is -2.01. The monoisotopic (exact) mass is 308 g/mol. The standard InChI is InChI=1S/C10H13IO3/c1-3-14-10(13)5-4-9(12)6-8(2)7-11/h7,9,12H,3,6H2,1-2H3/b8-7-/t9-/m1/s1. The third-order valence-electron chi connectivity index (χ3n) is 1.32. The summed E-state index contributed by atoms with van der Waals surface area (Å²) in [5, 5.41) is 9.34. The Hall–Kier alpha value is -0.540. The fraction of sp³-hybridized carbons (Fsp3) is 0.500. The Morgan fingerprint density at radius 2 is 2.36 bits per heavy atom. The highest BCUT2D eigenvalue weighted by Crippen LogP contribution is 2.06. The van der Waals surface area contributed by atoms with E-state index in [4.69, 9.17) is 0 Å². The topological polar surface area (TPSA) is 46.5 Å². The van der Waals surface area contributed by atoms with Crippen molar-refractivity contribution in [2.45, 2.75) is 26.4 Å². The molecular weight excluding hydrogens is 295 g/mol. The molecule has 0 unspecified atom stereocenters. The van der Waals surface area contributed by atoms with Crippen LogP contribution in [0.1, 0.15) is 20.3 Å². The van der Waals surface area contributed by atoms with E-state index in [9.17, 15) is 9.90 Å². The molecule has 0 radical (unpaired) electrons. The van der Waals surface area contributed by atoms with Crippen LogP contribution in [0.5, 0.6) is 0 Å². The molecule has 4 heteroatoms. The van der Waals surface area contributed by atoms with Gasteiger partial charge >= 0.3 is 5.97 Å². The Morgan fingerprint density at radius 3 is 2.86 bits per heavy atom. The van der Waals surface area contributed by atoms with Crippen molar-refractivity contribution in [1.82, 2.24) is 0 Å². The van der Waals surface area contributed by atoms with Crippen LogP contribution in [0.3, 0.4) is 0 Å². The van der Waals surface area contributed by atoms with Crippen LogP contribution >= 0.6 is 22.6 Å². The number of carbonyl (C=O) groups is 1. The molecule has 0 heterocycles.